The third-order valence-corrected chi connectivity index (χ3v) is 3.52. The van der Waals surface area contributed by atoms with Crippen LogP contribution in [-0.2, 0) is 0 Å². The first-order valence-corrected chi connectivity index (χ1v) is 7.34. The van der Waals surface area contributed by atoms with Crippen LogP contribution in [-0.4, -0.2) is 29.9 Å². The highest BCUT2D eigenvalue weighted by molar-refractivity contribution is 6.04. The van der Waals surface area contributed by atoms with Crippen molar-refractivity contribution in [3.05, 3.63) is 66.5 Å². The topological polar surface area (TPSA) is 65.4 Å². The molecule has 0 saturated carbocycles. The predicted molar refractivity (Wildman–Crippen MR) is 91.1 cm³/mol. The van der Waals surface area contributed by atoms with Crippen molar-refractivity contribution in [3.8, 4) is 17.2 Å². The number of amides is 1. The zero-order valence-corrected chi connectivity index (χ0v) is 13.4. The first-order chi connectivity index (χ1) is 11.7. The van der Waals surface area contributed by atoms with Crippen LogP contribution in [0.1, 0.15) is 10.4 Å². The number of carbonyl (C=O) groups is 1. The molecule has 0 aliphatic rings. The second-order valence-electron chi connectivity index (χ2n) is 5.02. The molecule has 0 bridgehead atoms. The van der Waals surface area contributed by atoms with Gasteiger partial charge in [0, 0.05) is 23.6 Å². The monoisotopic (exact) mass is 323 g/mol. The van der Waals surface area contributed by atoms with E-state index in [1.54, 1.807) is 36.2 Å². The molecule has 24 heavy (non-hydrogen) atoms. The predicted octanol–water partition coefficient (Wildman–Crippen LogP) is 3.14. The van der Waals surface area contributed by atoms with Gasteiger partial charge in [-0.3, -0.25) is 4.79 Å². The molecule has 3 rings (SSSR count). The van der Waals surface area contributed by atoms with Crippen LogP contribution in [0.4, 0.5) is 5.69 Å². The molecule has 6 heteroatoms. The van der Waals surface area contributed by atoms with Gasteiger partial charge in [-0.1, -0.05) is 6.07 Å². The summed E-state index contributed by atoms with van der Waals surface area (Å²) in [6.45, 7) is 0. The molecule has 0 spiro atoms. The van der Waals surface area contributed by atoms with E-state index in [2.05, 4.69) is 10.4 Å². The normalized spacial score (nSPS) is 10.2. The Hall–Kier alpha value is -3.28. The van der Waals surface area contributed by atoms with E-state index in [1.165, 1.54) is 7.11 Å². The third-order valence-electron chi connectivity index (χ3n) is 3.52. The van der Waals surface area contributed by atoms with E-state index in [0.717, 1.165) is 5.69 Å². The standard InChI is InChI=1S/C18H17N3O3/c1-23-16-8-7-13(11-17(16)24-2)18(22)20-14-5-3-6-15(12-14)21-10-4-9-19-21/h3-12H,1-2H3,(H,20,22). The number of methoxy groups -OCH3 is 2. The molecule has 0 unspecified atom stereocenters. The lowest BCUT2D eigenvalue weighted by Gasteiger charge is -2.11. The molecule has 1 aromatic heterocycles. The first-order valence-electron chi connectivity index (χ1n) is 7.34. The number of benzene rings is 2. The quantitative estimate of drug-likeness (QED) is 0.783. The van der Waals surface area contributed by atoms with E-state index in [1.807, 2.05) is 36.5 Å². The lowest BCUT2D eigenvalue weighted by molar-refractivity contribution is 0.102. The fourth-order valence-electron chi connectivity index (χ4n) is 2.33. The van der Waals surface area contributed by atoms with Gasteiger partial charge in [-0.25, -0.2) is 4.68 Å². The molecule has 0 saturated heterocycles. The van der Waals surface area contributed by atoms with Gasteiger partial charge >= 0.3 is 0 Å². The van der Waals surface area contributed by atoms with Crippen molar-refractivity contribution in [2.75, 3.05) is 19.5 Å². The summed E-state index contributed by atoms with van der Waals surface area (Å²) in [5.41, 5.74) is 2.03. The van der Waals surface area contributed by atoms with Crippen LogP contribution >= 0.6 is 0 Å². The fraction of sp³-hybridized carbons (Fsp3) is 0.111. The fourth-order valence-corrected chi connectivity index (χ4v) is 2.33. The van der Waals surface area contributed by atoms with Crippen molar-refractivity contribution in [3.63, 3.8) is 0 Å². The number of nitrogens with zero attached hydrogens (tertiary/aromatic N) is 2. The maximum absolute atomic E-state index is 12.4. The van der Waals surface area contributed by atoms with Crippen LogP contribution < -0.4 is 14.8 Å². The van der Waals surface area contributed by atoms with E-state index in [0.29, 0.717) is 22.7 Å². The van der Waals surface area contributed by atoms with Gasteiger partial charge in [-0.15, -0.1) is 0 Å². The smallest absolute Gasteiger partial charge is 0.255 e. The third kappa shape index (κ3) is 3.22. The highest BCUT2D eigenvalue weighted by Crippen LogP contribution is 2.28. The van der Waals surface area contributed by atoms with Crippen LogP contribution in [0.25, 0.3) is 5.69 Å². The minimum Gasteiger partial charge on any atom is -0.493 e. The van der Waals surface area contributed by atoms with Crippen molar-refractivity contribution in [1.82, 2.24) is 9.78 Å². The number of ether oxygens (including phenoxy) is 2. The van der Waals surface area contributed by atoms with Gasteiger partial charge in [0.1, 0.15) is 0 Å². The molecule has 1 heterocycles. The maximum atomic E-state index is 12.4. The Morgan fingerprint density at radius 2 is 1.88 bits per heavy atom. The maximum Gasteiger partial charge on any atom is 0.255 e. The molecular weight excluding hydrogens is 306 g/mol. The second-order valence-corrected chi connectivity index (χ2v) is 5.02. The van der Waals surface area contributed by atoms with Gasteiger partial charge in [0.2, 0.25) is 0 Å². The van der Waals surface area contributed by atoms with E-state index in [9.17, 15) is 4.79 Å². The van der Waals surface area contributed by atoms with E-state index < -0.39 is 0 Å². The van der Waals surface area contributed by atoms with Gasteiger partial charge < -0.3 is 14.8 Å². The molecule has 0 aliphatic heterocycles. The average Bonchev–Trinajstić information content (AvgIpc) is 3.16. The Bertz CT molecular complexity index is 844. The molecule has 0 atom stereocenters. The van der Waals surface area contributed by atoms with Gasteiger partial charge in [0.25, 0.3) is 5.91 Å². The zero-order valence-electron chi connectivity index (χ0n) is 13.4. The van der Waals surface area contributed by atoms with Crippen molar-refractivity contribution in [2.24, 2.45) is 0 Å². The van der Waals surface area contributed by atoms with Crippen LogP contribution in [0.2, 0.25) is 0 Å². The molecule has 3 aromatic rings. The van der Waals surface area contributed by atoms with Crippen LogP contribution in [0.3, 0.4) is 0 Å². The summed E-state index contributed by atoms with van der Waals surface area (Å²) >= 11 is 0. The highest BCUT2D eigenvalue weighted by atomic mass is 16.5. The van der Waals surface area contributed by atoms with Gasteiger partial charge in [0.05, 0.1) is 19.9 Å². The van der Waals surface area contributed by atoms with Crippen molar-refractivity contribution in [1.29, 1.82) is 0 Å². The molecular formula is C18H17N3O3. The largest absolute Gasteiger partial charge is 0.493 e. The van der Waals surface area contributed by atoms with E-state index in [-0.39, 0.29) is 5.91 Å². The van der Waals surface area contributed by atoms with Gasteiger partial charge in [0.15, 0.2) is 11.5 Å². The summed E-state index contributed by atoms with van der Waals surface area (Å²) in [4.78, 5) is 12.4. The average molecular weight is 323 g/mol. The Balaban J connectivity index is 1.81. The van der Waals surface area contributed by atoms with E-state index in [4.69, 9.17) is 9.47 Å². The lowest BCUT2D eigenvalue weighted by atomic mass is 10.1. The SMILES string of the molecule is COc1ccc(C(=O)Nc2cccc(-n3cccn3)c2)cc1OC. The van der Waals surface area contributed by atoms with Gasteiger partial charge in [-0.05, 0) is 42.5 Å². The molecule has 0 aliphatic carbocycles. The summed E-state index contributed by atoms with van der Waals surface area (Å²) < 4.78 is 12.1. The minimum atomic E-state index is -0.228. The van der Waals surface area contributed by atoms with Crippen molar-refractivity contribution < 1.29 is 14.3 Å². The van der Waals surface area contributed by atoms with Gasteiger partial charge in [-0.2, -0.15) is 5.10 Å². The second kappa shape index (κ2) is 6.87. The summed E-state index contributed by atoms with van der Waals surface area (Å²) in [7, 11) is 3.09. The lowest BCUT2D eigenvalue weighted by Crippen LogP contribution is -2.12. The number of hydrogen-bond donors (Lipinski definition) is 1. The zero-order chi connectivity index (χ0) is 16.9. The summed E-state index contributed by atoms with van der Waals surface area (Å²) in [6.07, 6.45) is 3.55. The summed E-state index contributed by atoms with van der Waals surface area (Å²) in [5, 5.41) is 7.05. The number of carbonyl (C=O) groups excluding carboxylic acids is 1. The number of anilines is 1. The minimum absolute atomic E-state index is 0.228. The number of nitrogens with one attached hydrogen (secondary N) is 1. The number of rotatable bonds is 5. The number of hydrogen-bond acceptors (Lipinski definition) is 4. The Morgan fingerprint density at radius 1 is 1.04 bits per heavy atom. The van der Waals surface area contributed by atoms with Crippen LogP contribution in [0.5, 0.6) is 11.5 Å². The Labute approximate surface area is 139 Å². The van der Waals surface area contributed by atoms with E-state index >= 15 is 0 Å². The molecule has 1 amide bonds. The summed E-state index contributed by atoms with van der Waals surface area (Å²) in [6, 6.07) is 14.3. The van der Waals surface area contributed by atoms with Crippen molar-refractivity contribution in [2.45, 2.75) is 0 Å². The molecule has 6 nitrogen and oxygen atoms in total. The van der Waals surface area contributed by atoms with Crippen LogP contribution in [0, 0.1) is 0 Å². The molecule has 0 radical (unpaired) electrons. The van der Waals surface area contributed by atoms with Crippen LogP contribution in [0.15, 0.2) is 60.9 Å². The Morgan fingerprint density at radius 3 is 2.58 bits per heavy atom. The molecule has 2 aromatic carbocycles. The number of aromatic nitrogens is 2. The first kappa shape index (κ1) is 15.6. The molecule has 122 valence electrons. The molecule has 1 N–H and O–H groups in total. The summed E-state index contributed by atoms with van der Waals surface area (Å²) in [5.74, 6) is 0.860. The Kier molecular flexibility index (Phi) is 4.47. The van der Waals surface area contributed by atoms with Crippen molar-refractivity contribution >= 4 is 11.6 Å². The molecule has 0 fully saturated rings. The highest BCUT2D eigenvalue weighted by Gasteiger charge is 2.11.